The molecule has 0 aromatic carbocycles. The number of hydrogen-bond acceptors (Lipinski definition) is 0. The molecule has 1 aliphatic rings. The van der Waals surface area contributed by atoms with Crippen LogP contribution in [0.1, 0.15) is 25.7 Å². The number of hydrogen-bond donors (Lipinski definition) is 0. The summed E-state index contributed by atoms with van der Waals surface area (Å²) in [4.78, 5) is 0. The van der Waals surface area contributed by atoms with Gasteiger partial charge in [-0.05, 0) is 31.3 Å². The SMILES string of the molecule is C#CC(F)C1=CCCCC1. The van der Waals surface area contributed by atoms with Crippen molar-refractivity contribution in [1.29, 1.82) is 0 Å². The maximum Gasteiger partial charge on any atom is 0.181 e. The summed E-state index contributed by atoms with van der Waals surface area (Å²) < 4.78 is 12.7. The molecule has 1 aliphatic carbocycles. The van der Waals surface area contributed by atoms with E-state index in [9.17, 15) is 4.39 Å². The summed E-state index contributed by atoms with van der Waals surface area (Å²) in [7, 11) is 0. The minimum atomic E-state index is -1.12. The highest BCUT2D eigenvalue weighted by atomic mass is 19.1. The molecule has 54 valence electrons. The smallest absolute Gasteiger partial charge is 0.181 e. The lowest BCUT2D eigenvalue weighted by atomic mass is 9.96. The fourth-order valence-corrected chi connectivity index (χ4v) is 1.20. The first-order valence-corrected chi connectivity index (χ1v) is 3.63. The van der Waals surface area contributed by atoms with Crippen LogP contribution in [0.2, 0.25) is 0 Å². The topological polar surface area (TPSA) is 0 Å². The van der Waals surface area contributed by atoms with Gasteiger partial charge in [-0.25, -0.2) is 4.39 Å². The Labute approximate surface area is 61.1 Å². The molecule has 0 saturated heterocycles. The molecular formula is C9H11F. The molecule has 0 fully saturated rings. The minimum absolute atomic E-state index is 0.814. The average molecular weight is 138 g/mol. The average Bonchev–Trinajstić information content (AvgIpc) is 2.05. The van der Waals surface area contributed by atoms with E-state index in [4.69, 9.17) is 6.42 Å². The Morgan fingerprint density at radius 2 is 2.40 bits per heavy atom. The van der Waals surface area contributed by atoms with Crippen LogP contribution < -0.4 is 0 Å². The second-order valence-electron chi connectivity index (χ2n) is 2.55. The van der Waals surface area contributed by atoms with Gasteiger partial charge in [-0.2, -0.15) is 0 Å². The third-order valence-corrected chi connectivity index (χ3v) is 1.80. The molecule has 0 heterocycles. The van der Waals surface area contributed by atoms with Gasteiger partial charge in [0.15, 0.2) is 6.17 Å². The van der Waals surface area contributed by atoms with E-state index < -0.39 is 6.17 Å². The molecule has 1 rings (SSSR count). The van der Waals surface area contributed by atoms with Crippen LogP contribution in [0.25, 0.3) is 0 Å². The van der Waals surface area contributed by atoms with Crippen LogP contribution in [-0.2, 0) is 0 Å². The van der Waals surface area contributed by atoms with E-state index in [-0.39, 0.29) is 0 Å². The first-order valence-electron chi connectivity index (χ1n) is 3.63. The molecular weight excluding hydrogens is 127 g/mol. The third kappa shape index (κ3) is 1.60. The molecule has 0 spiro atoms. The lowest BCUT2D eigenvalue weighted by molar-refractivity contribution is 0.441. The highest BCUT2D eigenvalue weighted by molar-refractivity contribution is 5.20. The molecule has 0 N–H and O–H groups in total. The predicted molar refractivity (Wildman–Crippen MR) is 40.3 cm³/mol. The van der Waals surface area contributed by atoms with Gasteiger partial charge in [0.25, 0.3) is 0 Å². The molecule has 1 unspecified atom stereocenters. The maximum atomic E-state index is 12.7. The second-order valence-corrected chi connectivity index (χ2v) is 2.55. The van der Waals surface area contributed by atoms with Crippen molar-refractivity contribution >= 4 is 0 Å². The van der Waals surface area contributed by atoms with Crippen molar-refractivity contribution in [3.8, 4) is 12.3 Å². The van der Waals surface area contributed by atoms with Gasteiger partial charge in [-0.3, -0.25) is 0 Å². The Hall–Kier alpha value is -0.770. The zero-order chi connectivity index (χ0) is 7.40. The van der Waals surface area contributed by atoms with E-state index in [2.05, 4.69) is 5.92 Å². The Bertz CT molecular complexity index is 174. The lowest BCUT2D eigenvalue weighted by Gasteiger charge is -2.12. The predicted octanol–water partition coefficient (Wildman–Crippen LogP) is 2.46. The Kier molecular flexibility index (Phi) is 2.50. The summed E-state index contributed by atoms with van der Waals surface area (Å²) in [6.07, 6.45) is 9.87. The van der Waals surface area contributed by atoms with Crippen LogP contribution in [0, 0.1) is 12.3 Å². The van der Waals surface area contributed by atoms with Crippen molar-refractivity contribution in [1.82, 2.24) is 0 Å². The fourth-order valence-electron chi connectivity index (χ4n) is 1.20. The molecule has 0 amide bonds. The van der Waals surface area contributed by atoms with Crippen LogP contribution in [0.15, 0.2) is 11.6 Å². The van der Waals surface area contributed by atoms with Crippen LogP contribution in [-0.4, -0.2) is 6.17 Å². The Morgan fingerprint density at radius 3 is 2.90 bits per heavy atom. The van der Waals surface area contributed by atoms with Gasteiger partial charge in [-0.15, -0.1) is 6.42 Å². The summed E-state index contributed by atoms with van der Waals surface area (Å²) in [5.74, 6) is 2.10. The van der Waals surface area contributed by atoms with E-state index >= 15 is 0 Å². The van der Waals surface area contributed by atoms with Gasteiger partial charge in [0.1, 0.15) is 0 Å². The zero-order valence-corrected chi connectivity index (χ0v) is 5.94. The number of alkyl halides is 1. The van der Waals surface area contributed by atoms with Crippen LogP contribution >= 0.6 is 0 Å². The summed E-state index contributed by atoms with van der Waals surface area (Å²) >= 11 is 0. The minimum Gasteiger partial charge on any atom is -0.228 e. The largest absolute Gasteiger partial charge is 0.228 e. The molecule has 0 aliphatic heterocycles. The van der Waals surface area contributed by atoms with Gasteiger partial charge in [0.2, 0.25) is 0 Å². The molecule has 0 nitrogen and oxygen atoms in total. The number of terminal acetylenes is 1. The van der Waals surface area contributed by atoms with Crippen LogP contribution in [0.4, 0.5) is 4.39 Å². The van der Waals surface area contributed by atoms with Crippen LogP contribution in [0.5, 0.6) is 0 Å². The molecule has 0 aromatic heterocycles. The monoisotopic (exact) mass is 138 g/mol. The number of rotatable bonds is 1. The molecule has 10 heavy (non-hydrogen) atoms. The van der Waals surface area contributed by atoms with Crippen molar-refractivity contribution in [2.24, 2.45) is 0 Å². The number of halogens is 1. The molecule has 1 atom stereocenters. The molecule has 0 saturated carbocycles. The van der Waals surface area contributed by atoms with Crippen LogP contribution in [0.3, 0.4) is 0 Å². The summed E-state index contributed by atoms with van der Waals surface area (Å²) in [6.45, 7) is 0. The van der Waals surface area contributed by atoms with E-state index in [0.717, 1.165) is 24.8 Å². The summed E-state index contributed by atoms with van der Waals surface area (Å²) in [6, 6.07) is 0. The molecule has 1 heteroatoms. The van der Waals surface area contributed by atoms with E-state index in [1.165, 1.54) is 6.42 Å². The maximum absolute atomic E-state index is 12.7. The quantitative estimate of drug-likeness (QED) is 0.385. The second kappa shape index (κ2) is 3.41. The van der Waals surface area contributed by atoms with Crippen molar-refractivity contribution in [2.45, 2.75) is 31.9 Å². The van der Waals surface area contributed by atoms with Crippen molar-refractivity contribution < 1.29 is 4.39 Å². The Morgan fingerprint density at radius 1 is 1.60 bits per heavy atom. The third-order valence-electron chi connectivity index (χ3n) is 1.80. The first-order chi connectivity index (χ1) is 4.84. The van der Waals surface area contributed by atoms with E-state index in [1.54, 1.807) is 0 Å². The summed E-state index contributed by atoms with van der Waals surface area (Å²) in [5.41, 5.74) is 0.814. The Balaban J connectivity index is 2.55. The van der Waals surface area contributed by atoms with Gasteiger partial charge in [0.05, 0.1) is 0 Å². The van der Waals surface area contributed by atoms with E-state index in [1.807, 2.05) is 6.08 Å². The molecule has 0 bridgehead atoms. The fraction of sp³-hybridized carbons (Fsp3) is 0.556. The van der Waals surface area contributed by atoms with Gasteiger partial charge < -0.3 is 0 Å². The van der Waals surface area contributed by atoms with Gasteiger partial charge in [0, 0.05) is 0 Å². The number of allylic oxidation sites excluding steroid dienone is 2. The normalized spacial score (nSPS) is 21.0. The standard InChI is InChI=1S/C9H11F/c1-2-9(10)8-6-4-3-5-7-8/h1,6,9H,3-5,7H2. The van der Waals surface area contributed by atoms with Crippen molar-refractivity contribution in [3.63, 3.8) is 0 Å². The first kappa shape index (κ1) is 7.34. The highest BCUT2D eigenvalue weighted by Crippen LogP contribution is 2.21. The van der Waals surface area contributed by atoms with E-state index in [0.29, 0.717) is 0 Å². The zero-order valence-electron chi connectivity index (χ0n) is 5.94. The van der Waals surface area contributed by atoms with Gasteiger partial charge in [-0.1, -0.05) is 12.0 Å². The molecule has 0 radical (unpaired) electrons. The van der Waals surface area contributed by atoms with Gasteiger partial charge >= 0.3 is 0 Å². The van der Waals surface area contributed by atoms with Crippen molar-refractivity contribution in [3.05, 3.63) is 11.6 Å². The lowest BCUT2D eigenvalue weighted by Crippen LogP contribution is -2.04. The summed E-state index contributed by atoms with van der Waals surface area (Å²) in [5, 5.41) is 0. The molecule has 0 aromatic rings. The highest BCUT2D eigenvalue weighted by Gasteiger charge is 2.11. The van der Waals surface area contributed by atoms with Crippen molar-refractivity contribution in [2.75, 3.05) is 0 Å².